The fraction of sp³-hybridized carbons (Fsp3) is 0.353. The molecule has 2 N–H and O–H groups in total. The lowest BCUT2D eigenvalue weighted by Gasteiger charge is -2.12. The van der Waals surface area contributed by atoms with Crippen LogP contribution in [0.1, 0.15) is 69.0 Å². The predicted molar refractivity (Wildman–Crippen MR) is 169 cm³/mol. The summed E-state index contributed by atoms with van der Waals surface area (Å²) in [5, 5.41) is 3.26. The first-order valence-corrected chi connectivity index (χ1v) is 16.6. The zero-order valence-electron chi connectivity index (χ0n) is 25.4. The largest absolute Gasteiger partial charge is 0.465 e. The molecule has 0 spiro atoms. The van der Waals surface area contributed by atoms with Gasteiger partial charge in [0.25, 0.3) is 5.91 Å². The van der Waals surface area contributed by atoms with Gasteiger partial charge in [-0.25, -0.2) is 22.3 Å². The molecule has 1 aliphatic carbocycles. The molecule has 0 saturated heterocycles. The summed E-state index contributed by atoms with van der Waals surface area (Å²) in [6.07, 6.45) is 3.92. The number of halogens is 1. The fourth-order valence-electron chi connectivity index (χ4n) is 5.29. The van der Waals surface area contributed by atoms with Crippen LogP contribution in [0.25, 0.3) is 22.3 Å². The highest BCUT2D eigenvalue weighted by Gasteiger charge is 2.31. The van der Waals surface area contributed by atoms with Crippen molar-refractivity contribution < 1.29 is 36.3 Å². The fourth-order valence-corrected chi connectivity index (χ4v) is 6.50. The van der Waals surface area contributed by atoms with Gasteiger partial charge in [-0.15, -0.1) is 0 Å². The summed E-state index contributed by atoms with van der Waals surface area (Å²) in [7, 11) is -0.764. The van der Waals surface area contributed by atoms with E-state index in [0.29, 0.717) is 71.5 Å². The number of esters is 1. The molecule has 0 aliphatic heterocycles. The summed E-state index contributed by atoms with van der Waals surface area (Å²) in [4.78, 5) is 24.5. The molecule has 0 bridgehead atoms. The highest BCUT2D eigenvalue weighted by atomic mass is 32.2. The second kappa shape index (κ2) is 14.4. The summed E-state index contributed by atoms with van der Waals surface area (Å²) < 4.78 is 59.0. The Balaban J connectivity index is 1.17. The molecule has 1 heterocycles. The monoisotopic (exact) mass is 636 g/mol. The molecule has 1 aromatic heterocycles. The minimum absolute atomic E-state index is 0.206. The van der Waals surface area contributed by atoms with Gasteiger partial charge in [0.05, 0.1) is 30.6 Å². The van der Waals surface area contributed by atoms with Crippen LogP contribution in [0.5, 0.6) is 0 Å². The van der Waals surface area contributed by atoms with Crippen LogP contribution in [0.4, 0.5) is 4.39 Å². The summed E-state index contributed by atoms with van der Waals surface area (Å²) in [6.45, 7) is 1.32. The van der Waals surface area contributed by atoms with Gasteiger partial charge in [0.1, 0.15) is 17.2 Å². The Labute approximate surface area is 262 Å². The number of benzene rings is 3. The number of furan rings is 1. The van der Waals surface area contributed by atoms with E-state index in [-0.39, 0.29) is 30.1 Å². The molecule has 0 atom stereocenters. The van der Waals surface area contributed by atoms with Crippen LogP contribution < -0.4 is 10.0 Å². The number of fused-ring (bicyclic) bond motifs is 1. The van der Waals surface area contributed by atoms with E-state index >= 15 is 0 Å². The molecule has 1 saturated carbocycles. The Morgan fingerprint density at radius 1 is 1.00 bits per heavy atom. The van der Waals surface area contributed by atoms with Crippen LogP contribution in [0.15, 0.2) is 65.1 Å². The number of ether oxygens (including phenoxy) is 2. The van der Waals surface area contributed by atoms with E-state index in [0.717, 1.165) is 24.0 Å². The molecule has 4 aromatic rings. The summed E-state index contributed by atoms with van der Waals surface area (Å²) >= 11 is 0. The summed E-state index contributed by atoms with van der Waals surface area (Å²) in [5.74, 6) is -0.783. The number of carbonyl (C=O) groups excluding carboxylic acids is 2. The van der Waals surface area contributed by atoms with Gasteiger partial charge in [-0.2, -0.15) is 0 Å². The number of carbonyl (C=O) groups is 2. The van der Waals surface area contributed by atoms with Crippen LogP contribution in [0.3, 0.4) is 0 Å². The number of sulfonamides is 1. The predicted octanol–water partition coefficient (Wildman–Crippen LogP) is 5.72. The van der Waals surface area contributed by atoms with Crippen LogP contribution in [-0.2, 0) is 31.7 Å². The van der Waals surface area contributed by atoms with E-state index in [1.807, 2.05) is 18.2 Å². The first kappa shape index (κ1) is 32.3. The van der Waals surface area contributed by atoms with Crippen molar-refractivity contribution in [3.05, 3.63) is 94.3 Å². The van der Waals surface area contributed by atoms with Gasteiger partial charge >= 0.3 is 5.97 Å². The molecule has 9 nitrogen and oxygen atoms in total. The zero-order chi connectivity index (χ0) is 32.0. The van der Waals surface area contributed by atoms with E-state index in [4.69, 9.17) is 13.9 Å². The van der Waals surface area contributed by atoms with Gasteiger partial charge < -0.3 is 19.2 Å². The Hall–Kier alpha value is -4.06. The standard InChI is InChI=1S/C34H37FN2O7S/c1-36-33(38)31-29-20-28(23-9-10-23)26(19-30(29)44-32(31)24-11-13-27(35)14-12-24)21-45(40,41)37-16-3-4-17-43-18-15-22-5-7-25(8-6-22)34(39)42-2/h5-8,11-14,19-20,23,37H,3-4,9-10,15-18,21H2,1-2H3,(H,36,38). The molecule has 5 rings (SSSR count). The average molecular weight is 637 g/mol. The number of methoxy groups -OCH3 is 1. The molecule has 1 amide bonds. The second-order valence-electron chi connectivity index (χ2n) is 11.1. The van der Waals surface area contributed by atoms with Gasteiger partial charge in [0.15, 0.2) is 0 Å². The molecule has 45 heavy (non-hydrogen) atoms. The molecule has 1 fully saturated rings. The number of amides is 1. The third-order valence-electron chi connectivity index (χ3n) is 7.82. The number of rotatable bonds is 15. The molecule has 3 aromatic carbocycles. The number of nitrogens with one attached hydrogen (secondary N) is 2. The first-order valence-electron chi connectivity index (χ1n) is 15.0. The molecule has 0 unspecified atom stereocenters. The van der Waals surface area contributed by atoms with E-state index in [2.05, 4.69) is 10.0 Å². The molecule has 11 heteroatoms. The first-order chi connectivity index (χ1) is 21.7. The smallest absolute Gasteiger partial charge is 0.337 e. The minimum atomic E-state index is -3.64. The number of hydrogen-bond acceptors (Lipinski definition) is 7. The Morgan fingerprint density at radius 2 is 1.73 bits per heavy atom. The lowest BCUT2D eigenvalue weighted by atomic mass is 9.98. The van der Waals surface area contributed by atoms with Crippen molar-refractivity contribution in [3.63, 3.8) is 0 Å². The third-order valence-corrected chi connectivity index (χ3v) is 9.16. The maximum atomic E-state index is 13.6. The zero-order valence-corrected chi connectivity index (χ0v) is 26.2. The summed E-state index contributed by atoms with van der Waals surface area (Å²) in [5.41, 5.74) is 4.38. The number of unbranched alkanes of at least 4 members (excludes halogenated alkanes) is 1. The van der Waals surface area contributed by atoms with Crippen LogP contribution in [-0.4, -0.2) is 54.2 Å². The lowest BCUT2D eigenvalue weighted by molar-refractivity contribution is 0.0600. The van der Waals surface area contributed by atoms with Crippen molar-refractivity contribution in [2.45, 2.75) is 43.8 Å². The van der Waals surface area contributed by atoms with E-state index < -0.39 is 15.8 Å². The quantitative estimate of drug-likeness (QED) is 0.126. The third kappa shape index (κ3) is 8.16. The van der Waals surface area contributed by atoms with Gasteiger partial charge in [-0.3, -0.25) is 4.79 Å². The molecule has 1 aliphatic rings. The Morgan fingerprint density at radius 3 is 2.40 bits per heavy atom. The Bertz CT molecular complexity index is 1760. The van der Waals surface area contributed by atoms with Crippen LogP contribution in [0.2, 0.25) is 0 Å². The molecule has 0 radical (unpaired) electrons. The number of hydrogen-bond donors (Lipinski definition) is 2. The van der Waals surface area contributed by atoms with Crippen LogP contribution >= 0.6 is 0 Å². The molecular formula is C34H37FN2O7S. The maximum absolute atomic E-state index is 13.6. The minimum Gasteiger partial charge on any atom is -0.465 e. The maximum Gasteiger partial charge on any atom is 0.337 e. The lowest BCUT2D eigenvalue weighted by Crippen LogP contribution is -2.26. The van der Waals surface area contributed by atoms with Crippen molar-refractivity contribution in [1.29, 1.82) is 0 Å². The highest BCUT2D eigenvalue weighted by molar-refractivity contribution is 7.88. The SMILES string of the molecule is CNC(=O)c1c(-c2ccc(F)cc2)oc2cc(CS(=O)(=O)NCCCCOCCc3ccc(C(=O)OC)cc3)c(C3CC3)cc12. The van der Waals surface area contributed by atoms with Crippen LogP contribution in [0, 0.1) is 5.82 Å². The van der Waals surface area contributed by atoms with Gasteiger partial charge in [-0.05, 0) is 103 Å². The normalized spacial score (nSPS) is 13.2. The highest BCUT2D eigenvalue weighted by Crippen LogP contribution is 2.45. The van der Waals surface area contributed by atoms with E-state index in [9.17, 15) is 22.4 Å². The average Bonchev–Trinajstić information content (AvgIpc) is 3.82. The Kier molecular flexibility index (Phi) is 10.3. The molecular weight excluding hydrogens is 599 g/mol. The second-order valence-corrected chi connectivity index (χ2v) is 12.9. The van der Waals surface area contributed by atoms with Crippen molar-refractivity contribution in [3.8, 4) is 11.3 Å². The van der Waals surface area contributed by atoms with Crippen molar-refractivity contribution in [1.82, 2.24) is 10.0 Å². The van der Waals surface area contributed by atoms with E-state index in [1.165, 1.54) is 26.3 Å². The summed E-state index contributed by atoms with van der Waals surface area (Å²) in [6, 6.07) is 16.5. The van der Waals surface area contributed by atoms with Gasteiger partial charge in [0, 0.05) is 31.1 Å². The van der Waals surface area contributed by atoms with Crippen molar-refractivity contribution >= 4 is 32.9 Å². The molecule has 238 valence electrons. The van der Waals surface area contributed by atoms with Crippen molar-refractivity contribution in [2.24, 2.45) is 0 Å². The van der Waals surface area contributed by atoms with Gasteiger partial charge in [0.2, 0.25) is 10.0 Å². The van der Waals surface area contributed by atoms with Gasteiger partial charge in [-0.1, -0.05) is 12.1 Å². The van der Waals surface area contributed by atoms with Crippen molar-refractivity contribution in [2.75, 3.05) is 33.9 Å². The van der Waals surface area contributed by atoms with E-state index in [1.54, 1.807) is 30.3 Å². The topological polar surface area (TPSA) is 124 Å².